The fourth-order valence-corrected chi connectivity index (χ4v) is 3.78. The van der Waals surface area contributed by atoms with Crippen LogP contribution in [0.5, 0.6) is 0 Å². The molecular formula is C14H17N3O4S3. The van der Waals surface area contributed by atoms with Gasteiger partial charge in [0.1, 0.15) is 0 Å². The molecule has 0 aliphatic carbocycles. The zero-order valence-corrected chi connectivity index (χ0v) is 15.6. The Hall–Kier alpha value is -1.62. The number of hydrazine groups is 1. The maximum absolute atomic E-state index is 12.3. The van der Waals surface area contributed by atoms with Gasteiger partial charge in [0.05, 0.1) is 28.3 Å². The number of rotatable bonds is 7. The fourth-order valence-electron chi connectivity index (χ4n) is 2.07. The molecular weight excluding hydrogens is 370 g/mol. The van der Waals surface area contributed by atoms with E-state index in [1.165, 1.54) is 23.1 Å². The van der Waals surface area contributed by atoms with Crippen molar-refractivity contribution in [3.05, 3.63) is 45.3 Å². The van der Waals surface area contributed by atoms with Crippen molar-refractivity contribution < 1.29 is 18.0 Å². The SMILES string of the molecule is CSC1=C(C(=O)NNS(C)(=O)=O)CC=CN1CC(=O)c1cccs1. The number of ketones is 1. The summed E-state index contributed by atoms with van der Waals surface area (Å²) in [6.07, 6.45) is 6.63. The largest absolute Gasteiger partial charge is 0.335 e. The Bertz CT molecular complexity index is 782. The molecule has 0 unspecified atom stereocenters. The van der Waals surface area contributed by atoms with Crippen LogP contribution in [0.25, 0.3) is 0 Å². The van der Waals surface area contributed by atoms with Crippen LogP contribution < -0.4 is 10.3 Å². The average Bonchev–Trinajstić information content (AvgIpc) is 3.06. The maximum Gasteiger partial charge on any atom is 0.265 e. The van der Waals surface area contributed by atoms with Gasteiger partial charge in [0.15, 0.2) is 5.78 Å². The molecule has 2 heterocycles. The number of hydrogen-bond donors (Lipinski definition) is 2. The monoisotopic (exact) mass is 387 g/mol. The van der Waals surface area contributed by atoms with Gasteiger partial charge >= 0.3 is 0 Å². The molecule has 0 radical (unpaired) electrons. The molecule has 0 bridgehead atoms. The fraction of sp³-hybridized carbons (Fsp3) is 0.286. The molecule has 7 nitrogen and oxygen atoms in total. The van der Waals surface area contributed by atoms with Crippen LogP contribution in [0, 0.1) is 0 Å². The van der Waals surface area contributed by atoms with Gasteiger partial charge in [-0.05, 0) is 17.7 Å². The predicted octanol–water partition coefficient (Wildman–Crippen LogP) is 1.31. The molecule has 0 saturated carbocycles. The van der Waals surface area contributed by atoms with E-state index in [4.69, 9.17) is 0 Å². The third kappa shape index (κ3) is 4.94. The number of thiophene rings is 1. The Kier molecular flexibility index (Phi) is 6.21. The molecule has 1 aromatic rings. The van der Waals surface area contributed by atoms with E-state index < -0.39 is 15.9 Å². The highest BCUT2D eigenvalue weighted by molar-refractivity contribution is 8.02. The number of nitrogens with one attached hydrogen (secondary N) is 2. The Labute approximate surface area is 148 Å². The van der Waals surface area contributed by atoms with E-state index in [2.05, 4.69) is 5.43 Å². The van der Waals surface area contributed by atoms with Gasteiger partial charge in [-0.3, -0.25) is 15.0 Å². The number of carbonyl (C=O) groups is 2. The van der Waals surface area contributed by atoms with Gasteiger partial charge < -0.3 is 4.90 Å². The second kappa shape index (κ2) is 7.97. The van der Waals surface area contributed by atoms with Crippen LogP contribution in [-0.2, 0) is 14.8 Å². The van der Waals surface area contributed by atoms with E-state index >= 15 is 0 Å². The molecule has 24 heavy (non-hydrogen) atoms. The Morgan fingerprint density at radius 2 is 2.17 bits per heavy atom. The summed E-state index contributed by atoms with van der Waals surface area (Å²) in [6, 6.07) is 3.57. The summed E-state index contributed by atoms with van der Waals surface area (Å²) in [4.78, 5) is 28.8. The first-order valence-corrected chi connectivity index (χ1v) is 10.9. The summed E-state index contributed by atoms with van der Waals surface area (Å²) in [5.74, 6) is -0.584. The molecule has 0 fully saturated rings. The normalized spacial score (nSPS) is 14.8. The van der Waals surface area contributed by atoms with Gasteiger partial charge in [-0.1, -0.05) is 12.1 Å². The minimum Gasteiger partial charge on any atom is -0.335 e. The van der Waals surface area contributed by atoms with Crippen molar-refractivity contribution in [2.45, 2.75) is 6.42 Å². The average molecular weight is 388 g/mol. The molecule has 1 aliphatic rings. The summed E-state index contributed by atoms with van der Waals surface area (Å²) in [5.41, 5.74) is 2.57. The summed E-state index contributed by atoms with van der Waals surface area (Å²) in [5, 5.41) is 2.45. The van der Waals surface area contributed by atoms with E-state index in [1.807, 2.05) is 16.3 Å². The first-order chi connectivity index (χ1) is 11.3. The second-order valence-corrected chi connectivity index (χ2v) is 8.42. The van der Waals surface area contributed by atoms with Crippen molar-refractivity contribution in [2.24, 2.45) is 0 Å². The third-order valence-electron chi connectivity index (χ3n) is 3.05. The molecule has 0 saturated heterocycles. The highest BCUT2D eigenvalue weighted by Gasteiger charge is 2.23. The van der Waals surface area contributed by atoms with E-state index in [0.717, 1.165) is 6.26 Å². The molecule has 2 rings (SSSR count). The quantitative estimate of drug-likeness (QED) is 0.541. The van der Waals surface area contributed by atoms with Crippen molar-refractivity contribution >= 4 is 44.8 Å². The number of Topliss-reactive ketones (excluding diaryl/α,β-unsaturated/α-hetero) is 1. The molecule has 1 amide bonds. The maximum atomic E-state index is 12.3. The van der Waals surface area contributed by atoms with Crippen molar-refractivity contribution in [3.8, 4) is 0 Å². The zero-order valence-electron chi connectivity index (χ0n) is 13.1. The molecule has 0 atom stereocenters. The van der Waals surface area contributed by atoms with Crippen LogP contribution in [-0.4, -0.2) is 44.1 Å². The van der Waals surface area contributed by atoms with Gasteiger partial charge in [-0.25, -0.2) is 8.42 Å². The molecule has 10 heteroatoms. The Balaban J connectivity index is 2.15. The number of allylic oxidation sites excluding steroid dienone is 1. The summed E-state index contributed by atoms with van der Waals surface area (Å²) in [7, 11) is -3.54. The highest BCUT2D eigenvalue weighted by atomic mass is 32.2. The van der Waals surface area contributed by atoms with Crippen molar-refractivity contribution in [1.29, 1.82) is 0 Å². The number of carbonyl (C=O) groups excluding carboxylic acids is 2. The van der Waals surface area contributed by atoms with Crippen LogP contribution >= 0.6 is 23.1 Å². The molecule has 0 spiro atoms. The predicted molar refractivity (Wildman–Crippen MR) is 95.8 cm³/mol. The highest BCUT2D eigenvalue weighted by Crippen LogP contribution is 2.28. The molecule has 2 N–H and O–H groups in total. The van der Waals surface area contributed by atoms with E-state index in [-0.39, 0.29) is 12.3 Å². The molecule has 1 aromatic heterocycles. The first kappa shape index (κ1) is 18.7. The summed E-state index contributed by atoms with van der Waals surface area (Å²) in [6.45, 7) is 0.115. The zero-order chi connectivity index (χ0) is 17.7. The van der Waals surface area contributed by atoms with Gasteiger partial charge in [0.25, 0.3) is 5.91 Å². The van der Waals surface area contributed by atoms with E-state index in [0.29, 0.717) is 21.9 Å². The van der Waals surface area contributed by atoms with Gasteiger partial charge in [0.2, 0.25) is 10.0 Å². The summed E-state index contributed by atoms with van der Waals surface area (Å²) >= 11 is 2.70. The lowest BCUT2D eigenvalue weighted by Crippen LogP contribution is -2.42. The van der Waals surface area contributed by atoms with E-state index in [1.54, 1.807) is 29.5 Å². The van der Waals surface area contributed by atoms with Gasteiger partial charge in [0, 0.05) is 12.6 Å². The van der Waals surface area contributed by atoms with Crippen molar-refractivity contribution in [3.63, 3.8) is 0 Å². The lowest BCUT2D eigenvalue weighted by atomic mass is 10.1. The van der Waals surface area contributed by atoms with Crippen LogP contribution in [0.3, 0.4) is 0 Å². The minimum absolute atomic E-state index is 0.0443. The van der Waals surface area contributed by atoms with E-state index in [9.17, 15) is 18.0 Å². The third-order valence-corrected chi connectivity index (χ3v) is 5.31. The van der Waals surface area contributed by atoms with Crippen molar-refractivity contribution in [2.75, 3.05) is 19.1 Å². The van der Waals surface area contributed by atoms with Gasteiger partial charge in [-0.2, -0.15) is 0 Å². The lowest BCUT2D eigenvalue weighted by Gasteiger charge is -2.27. The van der Waals surface area contributed by atoms with Crippen molar-refractivity contribution in [1.82, 2.24) is 15.2 Å². The smallest absolute Gasteiger partial charge is 0.265 e. The summed E-state index contributed by atoms with van der Waals surface area (Å²) < 4.78 is 22.2. The molecule has 1 aliphatic heterocycles. The topological polar surface area (TPSA) is 95.6 Å². The van der Waals surface area contributed by atoms with Crippen LogP contribution in [0.1, 0.15) is 16.1 Å². The second-order valence-electron chi connectivity index (χ2n) is 4.93. The number of thioether (sulfide) groups is 1. The van der Waals surface area contributed by atoms with Crippen LogP contribution in [0.15, 0.2) is 40.4 Å². The Morgan fingerprint density at radius 1 is 1.42 bits per heavy atom. The van der Waals surface area contributed by atoms with Gasteiger partial charge in [-0.15, -0.1) is 27.9 Å². The lowest BCUT2D eigenvalue weighted by molar-refractivity contribution is -0.118. The van der Waals surface area contributed by atoms with Crippen LogP contribution in [0.4, 0.5) is 0 Å². The number of hydrogen-bond acceptors (Lipinski definition) is 7. The standard InChI is InChI=1S/C14H17N3O4S3/c1-22-14-10(13(19)15-16-24(2,20)21)5-3-7-17(14)9-11(18)12-6-4-8-23-12/h3-4,6-8,16H,5,9H2,1-2H3,(H,15,19). The number of sulfonamides is 1. The minimum atomic E-state index is -3.54. The molecule has 130 valence electrons. The number of amides is 1. The number of nitrogens with zero attached hydrogens (tertiary/aromatic N) is 1. The van der Waals surface area contributed by atoms with Crippen LogP contribution in [0.2, 0.25) is 0 Å². The first-order valence-electron chi connectivity index (χ1n) is 6.86. The molecule has 0 aromatic carbocycles. The Morgan fingerprint density at radius 3 is 2.75 bits per heavy atom.